The zero-order valence-electron chi connectivity index (χ0n) is 13.0. The molecule has 2 fully saturated rings. The number of rotatable bonds is 3. The minimum absolute atomic E-state index is 0.259. The third kappa shape index (κ3) is 2.29. The van der Waals surface area contributed by atoms with E-state index in [9.17, 15) is 9.18 Å². The Morgan fingerprint density at radius 3 is 2.77 bits per heavy atom. The number of halogens is 1. The van der Waals surface area contributed by atoms with E-state index in [4.69, 9.17) is 4.74 Å². The van der Waals surface area contributed by atoms with Gasteiger partial charge in [-0.2, -0.15) is 0 Å². The van der Waals surface area contributed by atoms with Crippen molar-refractivity contribution in [3.05, 3.63) is 48.0 Å². The number of carbonyl (C=O) groups is 1. The van der Waals surface area contributed by atoms with Gasteiger partial charge >= 0.3 is 6.09 Å². The van der Waals surface area contributed by atoms with Crippen molar-refractivity contribution in [1.29, 1.82) is 0 Å². The highest BCUT2D eigenvalue weighted by molar-refractivity contribution is 5.75. The zero-order valence-corrected chi connectivity index (χ0v) is 13.0. The van der Waals surface area contributed by atoms with Gasteiger partial charge in [-0.15, -0.1) is 0 Å². The van der Waals surface area contributed by atoms with Gasteiger partial charge in [0.2, 0.25) is 0 Å². The number of ether oxygens (including phenoxy) is 1. The molecule has 5 heteroatoms. The molecule has 118 valence electrons. The van der Waals surface area contributed by atoms with E-state index >= 15 is 0 Å². The maximum Gasteiger partial charge on any atom is 0.415 e. The molecule has 1 atom stereocenters. The fourth-order valence-electron chi connectivity index (χ4n) is 3.35. The molecule has 1 amide bonds. The highest BCUT2D eigenvalue weighted by Crippen LogP contribution is 2.39. The Balaban J connectivity index is 1.98. The van der Waals surface area contributed by atoms with E-state index < -0.39 is 5.54 Å². The number of cyclic esters (lactones) is 1. The molecule has 0 aromatic heterocycles. The maximum absolute atomic E-state index is 14.1. The number of amides is 1. The van der Waals surface area contributed by atoms with Gasteiger partial charge in [0, 0.05) is 32.1 Å². The molecule has 22 heavy (non-hydrogen) atoms. The number of hydrogen-bond acceptors (Lipinski definition) is 3. The van der Waals surface area contributed by atoms with Crippen LogP contribution in [0.25, 0.3) is 0 Å². The molecule has 0 saturated carbocycles. The van der Waals surface area contributed by atoms with E-state index in [2.05, 4.69) is 25.3 Å². The van der Waals surface area contributed by atoms with Crippen LogP contribution in [0.3, 0.4) is 0 Å². The van der Waals surface area contributed by atoms with Crippen LogP contribution < -0.4 is 0 Å². The van der Waals surface area contributed by atoms with Crippen molar-refractivity contribution in [3.8, 4) is 0 Å². The summed E-state index contributed by atoms with van der Waals surface area (Å²) in [6.07, 6.45) is 0.0118. The smallest absolute Gasteiger partial charge is 0.413 e. The van der Waals surface area contributed by atoms with Crippen molar-refractivity contribution < 1.29 is 13.9 Å². The van der Waals surface area contributed by atoms with Crippen molar-refractivity contribution in [2.75, 3.05) is 19.6 Å². The molecule has 2 aliphatic heterocycles. The lowest BCUT2D eigenvalue weighted by Crippen LogP contribution is -2.62. The van der Waals surface area contributed by atoms with Gasteiger partial charge in [0.15, 0.2) is 0 Å². The standard InChI is InChI=1S/C17H21FN2O2/c1-12(2)19-8-9-20-16(21)22-13(3)17(20,11-19)10-14-6-4-5-7-15(14)18/h4-7,12H,3,8-11H2,1-2H3/t17-/m0/s1. The average molecular weight is 304 g/mol. The molecule has 3 rings (SSSR count). The summed E-state index contributed by atoms with van der Waals surface area (Å²) in [6, 6.07) is 7.03. The van der Waals surface area contributed by atoms with E-state index in [0.29, 0.717) is 36.9 Å². The molecule has 0 bridgehead atoms. The van der Waals surface area contributed by atoms with Gasteiger partial charge in [-0.1, -0.05) is 24.8 Å². The quantitative estimate of drug-likeness (QED) is 0.861. The highest BCUT2D eigenvalue weighted by atomic mass is 19.1. The summed E-state index contributed by atoms with van der Waals surface area (Å²) in [5.41, 5.74) is -0.0977. The lowest BCUT2D eigenvalue weighted by Gasteiger charge is -2.46. The van der Waals surface area contributed by atoms with Crippen LogP contribution in [0, 0.1) is 5.82 Å². The molecule has 4 nitrogen and oxygen atoms in total. The first-order chi connectivity index (χ1) is 10.4. The molecule has 0 N–H and O–H groups in total. The van der Waals surface area contributed by atoms with Gasteiger partial charge in [0.05, 0.1) is 0 Å². The Hall–Kier alpha value is -1.88. The van der Waals surface area contributed by atoms with Crippen molar-refractivity contribution in [2.45, 2.75) is 31.8 Å². The summed E-state index contributed by atoms with van der Waals surface area (Å²) in [5, 5.41) is 0. The monoisotopic (exact) mass is 304 g/mol. The summed E-state index contributed by atoms with van der Waals surface area (Å²) >= 11 is 0. The maximum atomic E-state index is 14.1. The van der Waals surface area contributed by atoms with Crippen LogP contribution in [0.5, 0.6) is 0 Å². The summed E-state index contributed by atoms with van der Waals surface area (Å²) in [6.45, 7) is 10.2. The molecular formula is C17H21FN2O2. The third-order valence-electron chi connectivity index (χ3n) is 4.71. The summed E-state index contributed by atoms with van der Waals surface area (Å²) in [5.74, 6) is 0.164. The fraction of sp³-hybridized carbons (Fsp3) is 0.471. The second kappa shape index (κ2) is 5.39. The molecule has 2 aliphatic rings. The first kappa shape index (κ1) is 15.0. The van der Waals surface area contributed by atoms with Gasteiger partial charge in [-0.05, 0) is 25.5 Å². The lowest BCUT2D eigenvalue weighted by molar-refractivity contribution is 0.0480. The minimum Gasteiger partial charge on any atom is -0.413 e. The predicted octanol–water partition coefficient (Wildman–Crippen LogP) is 2.80. The number of hydrogen-bond donors (Lipinski definition) is 0. The molecule has 0 radical (unpaired) electrons. The molecule has 0 aliphatic carbocycles. The molecular weight excluding hydrogens is 283 g/mol. The Morgan fingerprint density at radius 2 is 2.09 bits per heavy atom. The van der Waals surface area contributed by atoms with Gasteiger partial charge in [-0.25, -0.2) is 9.18 Å². The molecule has 0 unspecified atom stereocenters. The van der Waals surface area contributed by atoms with Crippen molar-refractivity contribution in [3.63, 3.8) is 0 Å². The van der Waals surface area contributed by atoms with Crippen LogP contribution in [0.4, 0.5) is 9.18 Å². The van der Waals surface area contributed by atoms with Gasteiger partial charge < -0.3 is 4.74 Å². The molecule has 2 saturated heterocycles. The van der Waals surface area contributed by atoms with Crippen LogP contribution in [0.1, 0.15) is 19.4 Å². The van der Waals surface area contributed by atoms with E-state index in [0.717, 1.165) is 6.54 Å². The number of fused-ring (bicyclic) bond motifs is 1. The largest absolute Gasteiger partial charge is 0.415 e. The third-order valence-corrected chi connectivity index (χ3v) is 4.71. The second-order valence-electron chi connectivity index (χ2n) is 6.31. The Kier molecular flexibility index (Phi) is 3.68. The van der Waals surface area contributed by atoms with Crippen molar-refractivity contribution in [1.82, 2.24) is 9.80 Å². The number of carbonyl (C=O) groups excluding carboxylic acids is 1. The van der Waals surface area contributed by atoms with E-state index in [-0.39, 0.29) is 11.9 Å². The predicted molar refractivity (Wildman–Crippen MR) is 81.9 cm³/mol. The van der Waals surface area contributed by atoms with Crippen LogP contribution in [-0.2, 0) is 11.2 Å². The molecule has 1 aromatic rings. The van der Waals surface area contributed by atoms with Gasteiger partial charge in [0.1, 0.15) is 17.1 Å². The van der Waals surface area contributed by atoms with Crippen LogP contribution in [-0.4, -0.2) is 47.1 Å². The van der Waals surface area contributed by atoms with Crippen LogP contribution in [0.2, 0.25) is 0 Å². The van der Waals surface area contributed by atoms with Crippen LogP contribution in [0.15, 0.2) is 36.6 Å². The molecule has 0 spiro atoms. The number of nitrogens with zero attached hydrogens (tertiary/aromatic N) is 2. The minimum atomic E-state index is -0.679. The van der Waals surface area contributed by atoms with Crippen LogP contribution >= 0.6 is 0 Å². The Labute approximate surface area is 130 Å². The Bertz CT molecular complexity index is 616. The first-order valence-corrected chi connectivity index (χ1v) is 7.60. The topological polar surface area (TPSA) is 32.8 Å². The Morgan fingerprint density at radius 1 is 1.36 bits per heavy atom. The second-order valence-corrected chi connectivity index (χ2v) is 6.31. The van der Waals surface area contributed by atoms with E-state index in [1.807, 2.05) is 6.07 Å². The van der Waals surface area contributed by atoms with Crippen molar-refractivity contribution in [2.24, 2.45) is 0 Å². The summed E-state index contributed by atoms with van der Waals surface area (Å²) in [4.78, 5) is 16.1. The average Bonchev–Trinajstić information content (AvgIpc) is 2.72. The van der Waals surface area contributed by atoms with Gasteiger partial charge in [-0.3, -0.25) is 9.80 Å². The lowest BCUT2D eigenvalue weighted by atomic mass is 9.85. The highest BCUT2D eigenvalue weighted by Gasteiger charge is 2.54. The van der Waals surface area contributed by atoms with E-state index in [1.165, 1.54) is 6.07 Å². The van der Waals surface area contributed by atoms with Gasteiger partial charge in [0.25, 0.3) is 0 Å². The number of piperazine rings is 1. The normalized spacial score (nSPS) is 25.5. The molecule has 1 aromatic carbocycles. The number of benzene rings is 1. The first-order valence-electron chi connectivity index (χ1n) is 7.60. The SMILES string of the molecule is C=C1OC(=O)N2CCN(C(C)C)C[C@@]12Cc1ccccc1F. The fourth-order valence-corrected chi connectivity index (χ4v) is 3.35. The summed E-state index contributed by atoms with van der Waals surface area (Å²) < 4.78 is 19.4. The zero-order chi connectivity index (χ0) is 15.9. The van der Waals surface area contributed by atoms with E-state index in [1.54, 1.807) is 17.0 Å². The molecule has 2 heterocycles. The van der Waals surface area contributed by atoms with Crippen molar-refractivity contribution >= 4 is 6.09 Å². The summed E-state index contributed by atoms with van der Waals surface area (Å²) in [7, 11) is 0.